The Hall–Kier alpha value is -2.67. The molecule has 0 unspecified atom stereocenters. The van der Waals surface area contributed by atoms with E-state index in [1.165, 1.54) is 14.1 Å². The van der Waals surface area contributed by atoms with E-state index >= 15 is 0 Å². The molecule has 0 spiro atoms. The third kappa shape index (κ3) is 2.04. The quantitative estimate of drug-likeness (QED) is 0.464. The number of benzene rings is 1. The summed E-state index contributed by atoms with van der Waals surface area (Å²) in [4.78, 5) is 37.5. The Morgan fingerprint density at radius 1 is 1.00 bits per heavy atom. The molecular weight excluding hydrogens is 262 g/mol. The average Bonchev–Trinajstić information content (AvgIpc) is 2.48. The maximum Gasteiger partial charge on any atom is 0.333 e. The molecule has 1 aliphatic heterocycles. The number of nitrogens with one attached hydrogen (secondary N) is 1. The second kappa shape index (κ2) is 5.14. The molecular formula is C13H13N3O4. The summed E-state index contributed by atoms with van der Waals surface area (Å²) in [6.45, 7) is 0. The van der Waals surface area contributed by atoms with E-state index in [1.54, 1.807) is 30.3 Å². The fraction of sp³-hybridized carbons (Fsp3) is 0.154. The molecule has 104 valence electrons. The molecule has 1 aliphatic rings. The molecule has 0 bridgehead atoms. The molecule has 0 atom stereocenters. The number of nitrogens with zero attached hydrogens (tertiary/aromatic N) is 2. The first-order chi connectivity index (χ1) is 9.49. The zero-order valence-electron chi connectivity index (χ0n) is 11.0. The summed E-state index contributed by atoms with van der Waals surface area (Å²) < 4.78 is 0. The van der Waals surface area contributed by atoms with Gasteiger partial charge in [0.25, 0.3) is 11.8 Å². The molecule has 1 heterocycles. The highest BCUT2D eigenvalue weighted by Gasteiger charge is 2.40. The second-order valence-electron chi connectivity index (χ2n) is 4.24. The Kier molecular flexibility index (Phi) is 3.53. The van der Waals surface area contributed by atoms with Gasteiger partial charge >= 0.3 is 6.03 Å². The summed E-state index contributed by atoms with van der Waals surface area (Å²) in [7, 11) is 2.54. The Bertz CT molecular complexity index is 583. The number of carbonyl (C=O) groups is 3. The Morgan fingerprint density at radius 3 is 1.95 bits per heavy atom. The highest BCUT2D eigenvalue weighted by molar-refractivity contribution is 6.31. The van der Waals surface area contributed by atoms with Gasteiger partial charge in [0.1, 0.15) is 5.57 Å². The van der Waals surface area contributed by atoms with Crippen LogP contribution in [-0.4, -0.2) is 46.9 Å². The number of likely N-dealkylation sites (N-methyl/N-ethyl adjacent to an activating group) is 2. The van der Waals surface area contributed by atoms with Crippen LogP contribution in [0.2, 0.25) is 0 Å². The number of carbonyl (C=O) groups excluding carboxylic acids is 3. The molecule has 7 nitrogen and oxygen atoms in total. The van der Waals surface area contributed by atoms with Crippen LogP contribution in [0.25, 0.3) is 5.70 Å². The van der Waals surface area contributed by atoms with E-state index in [1.807, 2.05) is 5.48 Å². The fourth-order valence-corrected chi connectivity index (χ4v) is 1.91. The standard InChI is InChI=1S/C13H13N3O4/c1-15-11(17)9(12(18)16(2)13(15)19)10(14-20)8-6-4-3-5-7-8/h3-7,14,20H,1-2H3. The largest absolute Gasteiger partial charge is 0.333 e. The molecule has 7 heteroatoms. The molecule has 1 aromatic carbocycles. The van der Waals surface area contributed by atoms with Gasteiger partial charge in [0.05, 0.1) is 5.70 Å². The lowest BCUT2D eigenvalue weighted by molar-refractivity contribution is -0.134. The van der Waals surface area contributed by atoms with Crippen molar-refractivity contribution >= 4 is 23.5 Å². The maximum absolute atomic E-state index is 12.1. The second-order valence-corrected chi connectivity index (χ2v) is 4.24. The lowest BCUT2D eigenvalue weighted by Crippen LogP contribution is -2.53. The van der Waals surface area contributed by atoms with Crippen LogP contribution in [-0.2, 0) is 9.59 Å². The Balaban J connectivity index is 2.62. The fourth-order valence-electron chi connectivity index (χ4n) is 1.91. The lowest BCUT2D eigenvalue weighted by Gasteiger charge is -2.30. The van der Waals surface area contributed by atoms with Crippen LogP contribution in [0.1, 0.15) is 5.56 Å². The SMILES string of the molecule is CN1C(=O)C(=C(NO)c2ccccc2)C(=O)N(C)C1=O. The van der Waals surface area contributed by atoms with Crippen LogP contribution >= 0.6 is 0 Å². The first-order valence-corrected chi connectivity index (χ1v) is 5.79. The topological polar surface area (TPSA) is 90.0 Å². The number of imide groups is 2. The van der Waals surface area contributed by atoms with E-state index in [4.69, 9.17) is 0 Å². The molecule has 20 heavy (non-hydrogen) atoms. The van der Waals surface area contributed by atoms with E-state index in [9.17, 15) is 19.6 Å². The molecule has 1 fully saturated rings. The van der Waals surface area contributed by atoms with Crippen LogP contribution in [0.15, 0.2) is 35.9 Å². The van der Waals surface area contributed by atoms with E-state index in [0.29, 0.717) is 5.56 Å². The zero-order valence-corrected chi connectivity index (χ0v) is 11.0. The number of hydroxylamine groups is 1. The molecule has 2 rings (SSSR count). The third-order valence-corrected chi connectivity index (χ3v) is 3.04. The molecule has 1 aromatic rings. The van der Waals surface area contributed by atoms with Crippen molar-refractivity contribution in [3.8, 4) is 0 Å². The van der Waals surface area contributed by atoms with Gasteiger partial charge in [0.2, 0.25) is 0 Å². The number of hydrogen-bond donors (Lipinski definition) is 2. The molecule has 0 aliphatic carbocycles. The van der Waals surface area contributed by atoms with Gasteiger partial charge < -0.3 is 0 Å². The van der Waals surface area contributed by atoms with Gasteiger partial charge in [-0.25, -0.2) is 4.79 Å². The maximum atomic E-state index is 12.1. The van der Waals surface area contributed by atoms with Crippen molar-refractivity contribution in [1.82, 2.24) is 15.3 Å². The zero-order chi connectivity index (χ0) is 14.9. The van der Waals surface area contributed by atoms with E-state index in [-0.39, 0.29) is 11.3 Å². The lowest BCUT2D eigenvalue weighted by atomic mass is 10.0. The van der Waals surface area contributed by atoms with Crippen molar-refractivity contribution in [2.75, 3.05) is 14.1 Å². The van der Waals surface area contributed by atoms with Gasteiger partial charge in [0, 0.05) is 19.7 Å². The van der Waals surface area contributed by atoms with Crippen molar-refractivity contribution in [1.29, 1.82) is 0 Å². The summed E-state index contributed by atoms with van der Waals surface area (Å²) in [5.41, 5.74) is 2.02. The van der Waals surface area contributed by atoms with Crippen molar-refractivity contribution < 1.29 is 19.6 Å². The number of rotatable bonds is 2. The van der Waals surface area contributed by atoms with Crippen LogP contribution in [0.4, 0.5) is 4.79 Å². The summed E-state index contributed by atoms with van der Waals surface area (Å²) in [5, 5.41) is 9.27. The molecule has 2 N–H and O–H groups in total. The minimum Gasteiger partial charge on any atom is -0.291 e. The Labute approximate surface area is 115 Å². The van der Waals surface area contributed by atoms with Crippen LogP contribution in [0.5, 0.6) is 0 Å². The summed E-state index contributed by atoms with van der Waals surface area (Å²) in [6.07, 6.45) is 0. The number of hydrogen-bond acceptors (Lipinski definition) is 5. The van der Waals surface area contributed by atoms with Crippen molar-refractivity contribution in [3.05, 3.63) is 41.5 Å². The summed E-state index contributed by atoms with van der Waals surface area (Å²) in [5.74, 6) is -1.53. The molecule has 0 saturated carbocycles. The highest BCUT2D eigenvalue weighted by atomic mass is 16.5. The Morgan fingerprint density at radius 2 is 1.50 bits per heavy atom. The normalized spacial score (nSPS) is 15.8. The van der Waals surface area contributed by atoms with Crippen molar-refractivity contribution in [2.45, 2.75) is 0 Å². The van der Waals surface area contributed by atoms with E-state index in [0.717, 1.165) is 9.80 Å². The number of urea groups is 1. The van der Waals surface area contributed by atoms with Gasteiger partial charge in [-0.2, -0.15) is 0 Å². The minimum atomic E-state index is -0.765. The van der Waals surface area contributed by atoms with E-state index in [2.05, 4.69) is 0 Å². The predicted molar refractivity (Wildman–Crippen MR) is 69.2 cm³/mol. The van der Waals surface area contributed by atoms with Crippen LogP contribution in [0.3, 0.4) is 0 Å². The summed E-state index contributed by atoms with van der Waals surface area (Å²) in [6, 6.07) is 7.70. The average molecular weight is 275 g/mol. The van der Waals surface area contributed by atoms with Gasteiger partial charge in [-0.3, -0.25) is 30.1 Å². The minimum absolute atomic E-state index is 0.0354. The van der Waals surface area contributed by atoms with Crippen molar-refractivity contribution in [2.24, 2.45) is 0 Å². The summed E-state index contributed by atoms with van der Waals surface area (Å²) >= 11 is 0. The smallest absolute Gasteiger partial charge is 0.291 e. The number of amides is 4. The van der Waals surface area contributed by atoms with Gasteiger partial charge in [-0.05, 0) is 0 Å². The molecule has 0 aromatic heterocycles. The first-order valence-electron chi connectivity index (χ1n) is 5.79. The highest BCUT2D eigenvalue weighted by Crippen LogP contribution is 2.22. The molecule has 0 radical (unpaired) electrons. The van der Waals surface area contributed by atoms with E-state index < -0.39 is 17.8 Å². The number of barbiturate groups is 1. The first kappa shape index (κ1) is 13.8. The van der Waals surface area contributed by atoms with Gasteiger partial charge in [-0.15, -0.1) is 0 Å². The van der Waals surface area contributed by atoms with Gasteiger partial charge in [0.15, 0.2) is 0 Å². The van der Waals surface area contributed by atoms with Gasteiger partial charge in [-0.1, -0.05) is 30.3 Å². The monoisotopic (exact) mass is 275 g/mol. The molecule has 4 amide bonds. The van der Waals surface area contributed by atoms with Crippen LogP contribution < -0.4 is 5.48 Å². The third-order valence-electron chi connectivity index (χ3n) is 3.04. The van der Waals surface area contributed by atoms with Crippen molar-refractivity contribution in [3.63, 3.8) is 0 Å². The predicted octanol–water partition coefficient (Wildman–Crippen LogP) is 0.427. The molecule has 1 saturated heterocycles. The van der Waals surface area contributed by atoms with Crippen LogP contribution in [0, 0.1) is 0 Å².